The number of hydrogen-bond acceptors (Lipinski definition) is 4. The van der Waals surface area contributed by atoms with Crippen molar-refractivity contribution in [2.45, 2.75) is 39.5 Å². The molecule has 2 aromatic rings. The first-order valence-electron chi connectivity index (χ1n) is 7.85. The van der Waals surface area contributed by atoms with Gasteiger partial charge in [-0.1, -0.05) is 18.9 Å². The molecule has 0 N–H and O–H groups in total. The monoisotopic (exact) mass is 296 g/mol. The van der Waals surface area contributed by atoms with Gasteiger partial charge in [-0.2, -0.15) is 5.26 Å². The van der Waals surface area contributed by atoms with Crippen molar-refractivity contribution >= 4 is 16.7 Å². The molecular formula is C18H20N2O2. The summed E-state index contributed by atoms with van der Waals surface area (Å²) in [5.74, 6) is 0. The maximum absolute atomic E-state index is 12.3. The number of fused-ring (bicyclic) bond motifs is 1. The zero-order valence-electron chi connectivity index (χ0n) is 13.1. The molecule has 1 fully saturated rings. The molecule has 1 aliphatic rings. The summed E-state index contributed by atoms with van der Waals surface area (Å²) in [5.41, 5.74) is 3.04. The minimum Gasteiger partial charge on any atom is -0.421 e. The number of anilines is 1. The molecular weight excluding hydrogens is 276 g/mol. The van der Waals surface area contributed by atoms with E-state index in [-0.39, 0.29) is 5.56 Å². The second kappa shape index (κ2) is 5.84. The standard InChI is InChI=1S/C18H20N2O2/c1-12-7-8-14-16(20-9-5-3-4-6-10-20)15(11-19)18(21)22-17(14)13(12)2/h7-8H,3-6,9-10H2,1-2H3. The minimum atomic E-state index is -0.525. The van der Waals surface area contributed by atoms with Gasteiger partial charge in [-0.3, -0.25) is 0 Å². The van der Waals surface area contributed by atoms with Crippen molar-refractivity contribution in [1.29, 1.82) is 5.26 Å². The number of rotatable bonds is 1. The molecule has 0 aliphatic carbocycles. The molecule has 4 heteroatoms. The van der Waals surface area contributed by atoms with E-state index in [0.717, 1.165) is 48.1 Å². The van der Waals surface area contributed by atoms with Gasteiger partial charge in [0.15, 0.2) is 5.56 Å². The van der Waals surface area contributed by atoms with Crippen molar-refractivity contribution in [3.63, 3.8) is 0 Å². The Kier molecular flexibility index (Phi) is 3.89. The Balaban J connectivity index is 2.32. The van der Waals surface area contributed by atoms with E-state index in [4.69, 9.17) is 4.42 Å². The molecule has 0 atom stereocenters. The van der Waals surface area contributed by atoms with Crippen molar-refractivity contribution in [3.05, 3.63) is 39.2 Å². The lowest BCUT2D eigenvalue weighted by atomic mass is 10.0. The zero-order valence-corrected chi connectivity index (χ0v) is 13.1. The maximum Gasteiger partial charge on any atom is 0.356 e. The highest BCUT2D eigenvalue weighted by Gasteiger charge is 2.22. The Morgan fingerprint density at radius 3 is 2.45 bits per heavy atom. The summed E-state index contributed by atoms with van der Waals surface area (Å²) in [6, 6.07) is 6.06. The van der Waals surface area contributed by atoms with Crippen molar-refractivity contribution < 1.29 is 4.42 Å². The van der Waals surface area contributed by atoms with Crippen LogP contribution in [-0.4, -0.2) is 13.1 Å². The molecule has 0 spiro atoms. The average Bonchev–Trinajstić information content (AvgIpc) is 2.79. The number of nitriles is 1. The Bertz CT molecular complexity index is 806. The molecule has 1 aromatic carbocycles. The Morgan fingerprint density at radius 2 is 1.82 bits per heavy atom. The van der Waals surface area contributed by atoms with Gasteiger partial charge in [0.2, 0.25) is 0 Å². The third-order valence-electron chi connectivity index (χ3n) is 4.60. The molecule has 1 saturated heterocycles. The topological polar surface area (TPSA) is 57.2 Å². The summed E-state index contributed by atoms with van der Waals surface area (Å²) in [6.07, 6.45) is 4.60. The summed E-state index contributed by atoms with van der Waals surface area (Å²) < 4.78 is 5.45. The van der Waals surface area contributed by atoms with Crippen LogP contribution in [0.2, 0.25) is 0 Å². The van der Waals surface area contributed by atoms with E-state index in [9.17, 15) is 10.1 Å². The van der Waals surface area contributed by atoms with E-state index in [1.54, 1.807) is 0 Å². The fourth-order valence-corrected chi connectivity index (χ4v) is 3.20. The smallest absolute Gasteiger partial charge is 0.356 e. The predicted molar refractivity (Wildman–Crippen MR) is 87.4 cm³/mol. The molecule has 3 rings (SSSR count). The number of aryl methyl sites for hydroxylation is 2. The summed E-state index contributed by atoms with van der Waals surface area (Å²) >= 11 is 0. The Labute approximate surface area is 130 Å². The van der Waals surface area contributed by atoms with Gasteiger partial charge < -0.3 is 9.32 Å². The molecule has 0 unspecified atom stereocenters. The van der Waals surface area contributed by atoms with Crippen LogP contribution in [0.1, 0.15) is 42.4 Å². The summed E-state index contributed by atoms with van der Waals surface area (Å²) in [6.45, 7) is 5.73. The first-order valence-corrected chi connectivity index (χ1v) is 7.85. The van der Waals surface area contributed by atoms with Crippen LogP contribution in [0.5, 0.6) is 0 Å². The van der Waals surface area contributed by atoms with Gasteiger partial charge in [0.05, 0.1) is 5.69 Å². The van der Waals surface area contributed by atoms with Crippen LogP contribution in [-0.2, 0) is 0 Å². The van der Waals surface area contributed by atoms with Gasteiger partial charge >= 0.3 is 5.63 Å². The van der Waals surface area contributed by atoms with Gasteiger partial charge in [0.1, 0.15) is 11.7 Å². The predicted octanol–water partition coefficient (Wildman–Crippen LogP) is 3.66. The lowest BCUT2D eigenvalue weighted by Crippen LogP contribution is -2.27. The number of hydrogen-bond donors (Lipinski definition) is 0. The molecule has 1 aromatic heterocycles. The van der Waals surface area contributed by atoms with E-state index in [1.165, 1.54) is 12.8 Å². The van der Waals surface area contributed by atoms with Crippen molar-refractivity contribution in [3.8, 4) is 6.07 Å². The molecule has 1 aliphatic heterocycles. The van der Waals surface area contributed by atoms with Gasteiger partial charge in [-0.05, 0) is 43.9 Å². The van der Waals surface area contributed by atoms with Gasteiger partial charge in [-0.15, -0.1) is 0 Å². The zero-order chi connectivity index (χ0) is 15.7. The van der Waals surface area contributed by atoms with Gasteiger partial charge in [-0.25, -0.2) is 4.79 Å². The fraction of sp³-hybridized carbons (Fsp3) is 0.444. The fourth-order valence-electron chi connectivity index (χ4n) is 3.20. The molecule has 0 bridgehead atoms. The molecule has 4 nitrogen and oxygen atoms in total. The highest BCUT2D eigenvalue weighted by atomic mass is 16.4. The second-order valence-electron chi connectivity index (χ2n) is 6.01. The highest BCUT2D eigenvalue weighted by Crippen LogP contribution is 2.32. The number of benzene rings is 1. The van der Waals surface area contributed by atoms with Gasteiger partial charge in [0.25, 0.3) is 0 Å². The molecule has 0 radical (unpaired) electrons. The average molecular weight is 296 g/mol. The molecule has 0 amide bonds. The third-order valence-corrected chi connectivity index (χ3v) is 4.60. The normalized spacial score (nSPS) is 15.6. The van der Waals surface area contributed by atoms with Crippen LogP contribution < -0.4 is 10.5 Å². The van der Waals surface area contributed by atoms with E-state index >= 15 is 0 Å². The van der Waals surface area contributed by atoms with E-state index < -0.39 is 5.63 Å². The highest BCUT2D eigenvalue weighted by molar-refractivity contribution is 5.95. The first-order chi connectivity index (χ1) is 10.6. The molecule has 2 heterocycles. The SMILES string of the molecule is Cc1ccc2c(N3CCCCCC3)c(C#N)c(=O)oc2c1C. The summed E-state index contributed by atoms with van der Waals surface area (Å²) in [7, 11) is 0. The molecule has 0 saturated carbocycles. The first kappa shape index (κ1) is 14.6. The summed E-state index contributed by atoms with van der Waals surface area (Å²) in [4.78, 5) is 14.5. The van der Waals surface area contributed by atoms with Crippen molar-refractivity contribution in [2.24, 2.45) is 0 Å². The van der Waals surface area contributed by atoms with Crippen LogP contribution in [0.25, 0.3) is 11.0 Å². The lowest BCUT2D eigenvalue weighted by molar-refractivity contribution is 0.555. The van der Waals surface area contributed by atoms with Gasteiger partial charge in [0, 0.05) is 18.5 Å². The minimum absolute atomic E-state index is 0.137. The number of nitrogens with zero attached hydrogens (tertiary/aromatic N) is 2. The van der Waals surface area contributed by atoms with Crippen LogP contribution in [0.3, 0.4) is 0 Å². The quantitative estimate of drug-likeness (QED) is 0.753. The van der Waals surface area contributed by atoms with E-state index in [0.29, 0.717) is 5.58 Å². The lowest BCUT2D eigenvalue weighted by Gasteiger charge is -2.25. The second-order valence-corrected chi connectivity index (χ2v) is 6.01. The van der Waals surface area contributed by atoms with Crippen molar-refractivity contribution in [2.75, 3.05) is 18.0 Å². The largest absolute Gasteiger partial charge is 0.421 e. The Hall–Kier alpha value is -2.28. The van der Waals surface area contributed by atoms with E-state index in [1.807, 2.05) is 26.0 Å². The molecule has 22 heavy (non-hydrogen) atoms. The maximum atomic E-state index is 12.3. The van der Waals surface area contributed by atoms with Crippen LogP contribution >= 0.6 is 0 Å². The van der Waals surface area contributed by atoms with Crippen LogP contribution in [0, 0.1) is 25.2 Å². The van der Waals surface area contributed by atoms with Crippen molar-refractivity contribution in [1.82, 2.24) is 0 Å². The van der Waals surface area contributed by atoms with Crippen LogP contribution in [0.15, 0.2) is 21.3 Å². The van der Waals surface area contributed by atoms with Crippen LogP contribution in [0.4, 0.5) is 5.69 Å². The van der Waals surface area contributed by atoms with E-state index in [2.05, 4.69) is 11.0 Å². The molecule has 114 valence electrons. The third kappa shape index (κ3) is 2.37. The summed E-state index contributed by atoms with van der Waals surface area (Å²) in [5, 5.41) is 10.3. The Morgan fingerprint density at radius 1 is 1.14 bits per heavy atom.